The van der Waals surface area contributed by atoms with Crippen LogP contribution in [0.1, 0.15) is 5.56 Å². The van der Waals surface area contributed by atoms with E-state index in [0.29, 0.717) is 4.09 Å². The Balaban J connectivity index is 1.80. The number of alkyl halides is 2. The summed E-state index contributed by atoms with van der Waals surface area (Å²) in [6, 6.07) is 10.4. The maximum absolute atomic E-state index is 13.4. The number of benzene rings is 2. The number of halogens is 3. The molecule has 27 heavy (non-hydrogen) atoms. The number of aryl methyl sites for hydroxylation is 1. The summed E-state index contributed by atoms with van der Waals surface area (Å²) in [6.07, 6.45) is -2.72. The van der Waals surface area contributed by atoms with E-state index in [2.05, 4.69) is 14.6 Å². The van der Waals surface area contributed by atoms with Crippen LogP contribution in [0.3, 0.4) is 0 Å². The first-order valence-electron chi connectivity index (χ1n) is 7.64. The highest BCUT2D eigenvalue weighted by atomic mass is 35.5. The zero-order chi connectivity index (χ0) is 19.4. The highest BCUT2D eigenvalue weighted by Gasteiger charge is 2.45. The van der Waals surface area contributed by atoms with Gasteiger partial charge in [0.15, 0.2) is 11.5 Å². The maximum Gasteiger partial charge on any atom is 0.586 e. The number of nitrogens with zero attached hydrogens (tertiary/aromatic N) is 2. The fourth-order valence-electron chi connectivity index (χ4n) is 2.61. The number of hydrogen-bond acceptors (Lipinski definition) is 5. The monoisotopic (exact) mass is 412 g/mol. The zero-order valence-corrected chi connectivity index (χ0v) is 15.3. The predicted molar refractivity (Wildman–Crippen MR) is 92.6 cm³/mol. The first-order valence-corrected chi connectivity index (χ1v) is 9.46. The van der Waals surface area contributed by atoms with Crippen molar-refractivity contribution in [2.24, 2.45) is 0 Å². The van der Waals surface area contributed by atoms with Gasteiger partial charge in [-0.15, -0.1) is 8.78 Å². The van der Waals surface area contributed by atoms with Crippen molar-refractivity contribution in [1.29, 1.82) is 0 Å². The molecule has 0 saturated heterocycles. The Morgan fingerprint density at radius 3 is 2.52 bits per heavy atom. The van der Waals surface area contributed by atoms with Gasteiger partial charge in [0, 0.05) is 5.56 Å². The topological polar surface area (TPSA) is 70.4 Å². The molecule has 140 valence electrons. The van der Waals surface area contributed by atoms with E-state index in [-0.39, 0.29) is 32.7 Å². The molecule has 3 aromatic rings. The van der Waals surface area contributed by atoms with Crippen molar-refractivity contribution in [3.05, 3.63) is 59.2 Å². The molecule has 1 aliphatic rings. The summed E-state index contributed by atoms with van der Waals surface area (Å²) in [5.74, 6) is -0.452. The SMILES string of the molecule is Cc1ccc(S(=O)(=O)n2cc(Cl)c(-c3cccc4c3OC(F)(F)O4)n2)cc1. The molecule has 0 bridgehead atoms. The van der Waals surface area contributed by atoms with E-state index in [0.717, 1.165) is 11.8 Å². The van der Waals surface area contributed by atoms with Crippen molar-refractivity contribution < 1.29 is 26.7 Å². The van der Waals surface area contributed by atoms with Crippen molar-refractivity contribution in [1.82, 2.24) is 9.19 Å². The summed E-state index contributed by atoms with van der Waals surface area (Å²) in [5, 5.41) is 3.95. The fourth-order valence-corrected chi connectivity index (χ4v) is 4.03. The van der Waals surface area contributed by atoms with E-state index >= 15 is 0 Å². The minimum absolute atomic E-state index is 0.0169. The fraction of sp³-hybridized carbons (Fsp3) is 0.118. The van der Waals surface area contributed by atoms with Crippen LogP contribution >= 0.6 is 11.6 Å². The summed E-state index contributed by atoms with van der Waals surface area (Å²) in [4.78, 5) is 0.0169. The lowest BCUT2D eigenvalue weighted by Crippen LogP contribution is -2.26. The van der Waals surface area contributed by atoms with Crippen LogP contribution in [0.15, 0.2) is 53.6 Å². The highest BCUT2D eigenvalue weighted by molar-refractivity contribution is 7.89. The van der Waals surface area contributed by atoms with Gasteiger partial charge in [-0.05, 0) is 31.2 Å². The molecule has 0 aliphatic carbocycles. The number of ether oxygens (including phenoxy) is 2. The van der Waals surface area contributed by atoms with Crippen molar-refractivity contribution in [2.45, 2.75) is 18.1 Å². The Bertz CT molecular complexity index is 1140. The number of aromatic nitrogens is 2. The molecule has 10 heteroatoms. The maximum atomic E-state index is 13.4. The summed E-state index contributed by atoms with van der Waals surface area (Å²) >= 11 is 6.14. The van der Waals surface area contributed by atoms with Crippen LogP contribution in [0.5, 0.6) is 11.5 Å². The van der Waals surface area contributed by atoms with Crippen LogP contribution in [-0.2, 0) is 10.0 Å². The molecule has 0 fully saturated rings. The van der Waals surface area contributed by atoms with Crippen LogP contribution in [0.2, 0.25) is 5.02 Å². The van der Waals surface area contributed by atoms with Crippen molar-refractivity contribution in [2.75, 3.05) is 0 Å². The molecule has 6 nitrogen and oxygen atoms in total. The van der Waals surface area contributed by atoms with Gasteiger partial charge in [-0.25, -0.2) is 0 Å². The van der Waals surface area contributed by atoms with E-state index in [1.165, 1.54) is 30.3 Å². The summed E-state index contributed by atoms with van der Waals surface area (Å²) in [7, 11) is -4.00. The van der Waals surface area contributed by atoms with E-state index in [1.807, 2.05) is 6.92 Å². The number of para-hydroxylation sites is 1. The Kier molecular flexibility index (Phi) is 3.90. The number of rotatable bonds is 3. The second-order valence-electron chi connectivity index (χ2n) is 5.82. The molecule has 2 heterocycles. The van der Waals surface area contributed by atoms with Gasteiger partial charge in [0.2, 0.25) is 0 Å². The smallest absolute Gasteiger partial charge is 0.395 e. The zero-order valence-electron chi connectivity index (χ0n) is 13.7. The largest absolute Gasteiger partial charge is 0.586 e. The van der Waals surface area contributed by atoms with Gasteiger partial charge in [0.05, 0.1) is 16.1 Å². The molecule has 1 aliphatic heterocycles. The Morgan fingerprint density at radius 1 is 1.11 bits per heavy atom. The van der Waals surface area contributed by atoms with Gasteiger partial charge in [-0.2, -0.15) is 17.6 Å². The second-order valence-corrected chi connectivity index (χ2v) is 8.02. The van der Waals surface area contributed by atoms with Gasteiger partial charge >= 0.3 is 6.29 Å². The van der Waals surface area contributed by atoms with Gasteiger partial charge in [-0.3, -0.25) is 0 Å². The standard InChI is InChI=1S/C17H11ClF2N2O4S/c1-10-5-7-11(8-6-10)27(23,24)22-9-13(18)15(21-22)12-3-2-4-14-16(12)26-17(19,20)25-14/h2-9H,1H3. The molecule has 0 radical (unpaired) electrons. The van der Waals surface area contributed by atoms with Crippen LogP contribution in [-0.4, -0.2) is 23.9 Å². The summed E-state index contributed by atoms with van der Waals surface area (Å²) < 4.78 is 61.9. The molecule has 0 unspecified atom stereocenters. The average Bonchev–Trinajstić information content (AvgIpc) is 3.13. The molecule has 0 spiro atoms. The van der Waals surface area contributed by atoms with E-state index < -0.39 is 16.3 Å². The third kappa shape index (κ3) is 3.02. The van der Waals surface area contributed by atoms with Crippen LogP contribution in [0, 0.1) is 6.92 Å². The summed E-state index contributed by atoms with van der Waals surface area (Å²) in [5.41, 5.74) is 0.962. The first kappa shape index (κ1) is 17.7. The van der Waals surface area contributed by atoms with E-state index in [9.17, 15) is 17.2 Å². The lowest BCUT2D eigenvalue weighted by molar-refractivity contribution is -0.286. The third-order valence-electron chi connectivity index (χ3n) is 3.90. The van der Waals surface area contributed by atoms with Gasteiger partial charge in [0.25, 0.3) is 10.0 Å². The molecular weight excluding hydrogens is 402 g/mol. The highest BCUT2D eigenvalue weighted by Crippen LogP contribution is 2.47. The molecule has 0 N–H and O–H groups in total. The van der Waals surface area contributed by atoms with E-state index in [4.69, 9.17) is 11.6 Å². The lowest BCUT2D eigenvalue weighted by atomic mass is 10.1. The van der Waals surface area contributed by atoms with Gasteiger partial charge in [0.1, 0.15) is 5.69 Å². The molecular formula is C17H11ClF2N2O4S. The normalized spacial score (nSPS) is 15.1. The Labute approximate surface area is 157 Å². The molecule has 1 aromatic heterocycles. The van der Waals surface area contributed by atoms with Crippen molar-refractivity contribution in [3.63, 3.8) is 0 Å². The third-order valence-corrected chi connectivity index (χ3v) is 5.72. The molecule has 0 saturated carbocycles. The molecule has 2 aromatic carbocycles. The Morgan fingerprint density at radius 2 is 1.81 bits per heavy atom. The number of fused-ring (bicyclic) bond motifs is 1. The first-order chi connectivity index (χ1) is 12.7. The summed E-state index contributed by atoms with van der Waals surface area (Å²) in [6.45, 7) is 1.83. The minimum Gasteiger partial charge on any atom is -0.395 e. The van der Waals surface area contributed by atoms with Gasteiger partial charge < -0.3 is 9.47 Å². The van der Waals surface area contributed by atoms with Crippen LogP contribution in [0.25, 0.3) is 11.3 Å². The molecule has 4 rings (SSSR count). The number of hydrogen-bond donors (Lipinski definition) is 0. The quantitative estimate of drug-likeness (QED) is 0.648. The van der Waals surface area contributed by atoms with Gasteiger partial charge in [-0.1, -0.05) is 35.4 Å². The minimum atomic E-state index is -4.00. The molecule has 0 atom stereocenters. The van der Waals surface area contributed by atoms with Crippen LogP contribution in [0.4, 0.5) is 8.78 Å². The lowest BCUT2D eigenvalue weighted by Gasteiger charge is -2.06. The Hall–Kier alpha value is -2.65. The van der Waals surface area contributed by atoms with E-state index in [1.54, 1.807) is 12.1 Å². The average molecular weight is 413 g/mol. The second kappa shape index (κ2) is 5.93. The predicted octanol–water partition coefficient (Wildman–Crippen LogP) is 4.07. The molecule has 0 amide bonds. The van der Waals surface area contributed by atoms with Crippen molar-refractivity contribution >= 4 is 21.6 Å². The van der Waals surface area contributed by atoms with Crippen LogP contribution < -0.4 is 9.47 Å². The van der Waals surface area contributed by atoms with Crippen molar-refractivity contribution in [3.8, 4) is 22.8 Å².